The fourth-order valence-electron chi connectivity index (χ4n) is 2.61. The molecule has 1 fully saturated rings. The molecule has 0 saturated carbocycles. The molecule has 0 aromatic heterocycles. The first kappa shape index (κ1) is 14.6. The SMILES string of the molecule is CCOC(=O)N1CCC(c2cc(F)ccc2OC)CC1. The van der Waals surface area contributed by atoms with Gasteiger partial charge < -0.3 is 14.4 Å². The summed E-state index contributed by atoms with van der Waals surface area (Å²) in [7, 11) is 1.59. The fourth-order valence-corrected chi connectivity index (χ4v) is 2.61. The Bertz CT molecular complexity index is 470. The molecule has 4 nitrogen and oxygen atoms in total. The van der Waals surface area contributed by atoms with E-state index in [9.17, 15) is 9.18 Å². The fraction of sp³-hybridized carbons (Fsp3) is 0.533. The van der Waals surface area contributed by atoms with Crippen molar-refractivity contribution >= 4 is 6.09 Å². The van der Waals surface area contributed by atoms with Crippen LogP contribution in [0.5, 0.6) is 5.75 Å². The molecule has 0 bridgehead atoms. The van der Waals surface area contributed by atoms with E-state index in [1.54, 1.807) is 25.0 Å². The monoisotopic (exact) mass is 281 g/mol. The second-order valence-corrected chi connectivity index (χ2v) is 4.85. The smallest absolute Gasteiger partial charge is 0.409 e. The van der Waals surface area contributed by atoms with Gasteiger partial charge in [-0.1, -0.05) is 0 Å². The van der Waals surface area contributed by atoms with E-state index < -0.39 is 0 Å². The number of rotatable bonds is 3. The van der Waals surface area contributed by atoms with E-state index in [0.29, 0.717) is 25.4 Å². The van der Waals surface area contributed by atoms with Gasteiger partial charge in [-0.15, -0.1) is 0 Å². The highest BCUT2D eigenvalue weighted by molar-refractivity contribution is 5.67. The number of nitrogens with zero attached hydrogens (tertiary/aromatic N) is 1. The highest BCUT2D eigenvalue weighted by atomic mass is 19.1. The zero-order valence-electron chi connectivity index (χ0n) is 11.9. The summed E-state index contributed by atoms with van der Waals surface area (Å²) in [4.78, 5) is 13.3. The number of carbonyl (C=O) groups excluding carboxylic acids is 1. The normalized spacial score (nSPS) is 16.1. The molecule has 2 rings (SSSR count). The lowest BCUT2D eigenvalue weighted by atomic mass is 9.89. The predicted octanol–water partition coefficient (Wildman–Crippen LogP) is 3.17. The van der Waals surface area contributed by atoms with Crippen LogP contribution in [0, 0.1) is 5.82 Å². The van der Waals surface area contributed by atoms with Crippen LogP contribution in [0.4, 0.5) is 9.18 Å². The average molecular weight is 281 g/mol. The molecule has 1 saturated heterocycles. The van der Waals surface area contributed by atoms with Crippen LogP contribution in [0.3, 0.4) is 0 Å². The van der Waals surface area contributed by atoms with Crippen molar-refractivity contribution in [3.05, 3.63) is 29.6 Å². The number of hydrogen-bond donors (Lipinski definition) is 0. The number of likely N-dealkylation sites (tertiary alicyclic amines) is 1. The van der Waals surface area contributed by atoms with E-state index >= 15 is 0 Å². The van der Waals surface area contributed by atoms with E-state index in [0.717, 1.165) is 18.4 Å². The summed E-state index contributed by atoms with van der Waals surface area (Å²) in [6.45, 7) is 3.44. The first-order chi connectivity index (χ1) is 9.65. The third-order valence-electron chi connectivity index (χ3n) is 3.65. The lowest BCUT2D eigenvalue weighted by molar-refractivity contribution is 0.0969. The Morgan fingerprint density at radius 3 is 2.70 bits per heavy atom. The van der Waals surface area contributed by atoms with Crippen molar-refractivity contribution in [1.29, 1.82) is 0 Å². The number of hydrogen-bond acceptors (Lipinski definition) is 3. The van der Waals surface area contributed by atoms with Gasteiger partial charge in [-0.25, -0.2) is 9.18 Å². The minimum Gasteiger partial charge on any atom is -0.496 e. The summed E-state index contributed by atoms with van der Waals surface area (Å²) < 4.78 is 23.7. The summed E-state index contributed by atoms with van der Waals surface area (Å²) in [6, 6.07) is 4.59. The Morgan fingerprint density at radius 1 is 1.40 bits per heavy atom. The molecule has 1 aliphatic rings. The lowest BCUT2D eigenvalue weighted by Crippen LogP contribution is -2.38. The van der Waals surface area contributed by atoms with Crippen LogP contribution in [0.2, 0.25) is 0 Å². The maximum Gasteiger partial charge on any atom is 0.409 e. The number of amides is 1. The van der Waals surface area contributed by atoms with Crippen LogP contribution in [-0.2, 0) is 4.74 Å². The van der Waals surface area contributed by atoms with Gasteiger partial charge in [-0.05, 0) is 43.9 Å². The van der Waals surface area contributed by atoms with Crippen molar-refractivity contribution in [2.24, 2.45) is 0 Å². The standard InChI is InChI=1S/C15H20FNO3/c1-3-20-15(18)17-8-6-11(7-9-17)13-10-12(16)4-5-14(13)19-2/h4-5,10-11H,3,6-9H2,1-2H3. The van der Waals surface area contributed by atoms with Crippen molar-refractivity contribution in [2.45, 2.75) is 25.7 Å². The summed E-state index contributed by atoms with van der Waals surface area (Å²) in [5.74, 6) is 0.668. The first-order valence-corrected chi connectivity index (χ1v) is 6.90. The van der Waals surface area contributed by atoms with Gasteiger partial charge in [0.2, 0.25) is 0 Å². The number of ether oxygens (including phenoxy) is 2. The van der Waals surface area contributed by atoms with Crippen LogP contribution in [-0.4, -0.2) is 37.8 Å². The molecule has 0 radical (unpaired) electrons. The predicted molar refractivity (Wildman–Crippen MR) is 73.5 cm³/mol. The molecule has 1 heterocycles. The molecule has 20 heavy (non-hydrogen) atoms. The Labute approximate surface area is 118 Å². The number of benzene rings is 1. The van der Waals surface area contributed by atoms with Gasteiger partial charge in [0.05, 0.1) is 13.7 Å². The van der Waals surface area contributed by atoms with Gasteiger partial charge in [-0.2, -0.15) is 0 Å². The highest BCUT2D eigenvalue weighted by Crippen LogP contribution is 2.34. The van der Waals surface area contributed by atoms with Crippen LogP contribution in [0.25, 0.3) is 0 Å². The average Bonchev–Trinajstić information content (AvgIpc) is 2.47. The summed E-state index contributed by atoms with van der Waals surface area (Å²) >= 11 is 0. The van der Waals surface area contributed by atoms with Crippen LogP contribution in [0.15, 0.2) is 18.2 Å². The maximum atomic E-state index is 13.4. The molecule has 1 aromatic carbocycles. The highest BCUT2D eigenvalue weighted by Gasteiger charge is 2.26. The van der Waals surface area contributed by atoms with Gasteiger partial charge >= 0.3 is 6.09 Å². The molecule has 0 N–H and O–H groups in total. The Balaban J connectivity index is 2.03. The number of halogens is 1. The van der Waals surface area contributed by atoms with Crippen molar-refractivity contribution in [1.82, 2.24) is 4.90 Å². The van der Waals surface area contributed by atoms with Crippen LogP contribution in [0.1, 0.15) is 31.2 Å². The van der Waals surface area contributed by atoms with E-state index in [1.807, 2.05) is 0 Å². The quantitative estimate of drug-likeness (QED) is 0.854. The molecule has 1 aromatic rings. The molecule has 110 valence electrons. The molecule has 5 heteroatoms. The molecule has 0 aliphatic carbocycles. The molecule has 1 amide bonds. The molecule has 0 unspecified atom stereocenters. The Hall–Kier alpha value is -1.78. The Kier molecular flexibility index (Phi) is 4.82. The van der Waals surface area contributed by atoms with Crippen molar-refractivity contribution in [3.8, 4) is 5.75 Å². The van der Waals surface area contributed by atoms with Crippen molar-refractivity contribution in [3.63, 3.8) is 0 Å². The summed E-state index contributed by atoms with van der Waals surface area (Å²) in [6.07, 6.45) is 1.31. The Morgan fingerprint density at radius 2 is 2.10 bits per heavy atom. The zero-order valence-corrected chi connectivity index (χ0v) is 11.9. The molecule has 0 atom stereocenters. The second kappa shape index (κ2) is 6.59. The molecule has 0 spiro atoms. The zero-order chi connectivity index (χ0) is 14.5. The molecular formula is C15H20FNO3. The third-order valence-corrected chi connectivity index (χ3v) is 3.65. The van der Waals surface area contributed by atoms with E-state index in [4.69, 9.17) is 9.47 Å². The van der Waals surface area contributed by atoms with Gasteiger partial charge in [0.15, 0.2) is 0 Å². The number of carbonyl (C=O) groups is 1. The summed E-state index contributed by atoms with van der Waals surface area (Å²) in [5.41, 5.74) is 0.885. The minimum atomic E-state index is -0.267. The minimum absolute atomic E-state index is 0.214. The van der Waals surface area contributed by atoms with E-state index in [-0.39, 0.29) is 17.8 Å². The topological polar surface area (TPSA) is 38.8 Å². The van der Waals surface area contributed by atoms with E-state index in [2.05, 4.69) is 0 Å². The van der Waals surface area contributed by atoms with Crippen LogP contribution < -0.4 is 4.74 Å². The largest absolute Gasteiger partial charge is 0.496 e. The molecular weight excluding hydrogens is 261 g/mol. The van der Waals surface area contributed by atoms with Crippen molar-refractivity contribution in [2.75, 3.05) is 26.8 Å². The third kappa shape index (κ3) is 3.21. The number of methoxy groups -OCH3 is 1. The number of piperidine rings is 1. The van der Waals surface area contributed by atoms with E-state index in [1.165, 1.54) is 12.1 Å². The van der Waals surface area contributed by atoms with Gasteiger partial charge in [0.1, 0.15) is 11.6 Å². The summed E-state index contributed by atoms with van der Waals surface area (Å²) in [5, 5.41) is 0. The van der Waals surface area contributed by atoms with Gasteiger partial charge in [0.25, 0.3) is 0 Å². The molecule has 1 aliphatic heterocycles. The van der Waals surface area contributed by atoms with Crippen LogP contribution >= 0.6 is 0 Å². The van der Waals surface area contributed by atoms with Gasteiger partial charge in [0, 0.05) is 18.7 Å². The van der Waals surface area contributed by atoms with Gasteiger partial charge in [-0.3, -0.25) is 0 Å². The second-order valence-electron chi connectivity index (χ2n) is 4.85. The van der Waals surface area contributed by atoms with Crippen molar-refractivity contribution < 1.29 is 18.7 Å². The first-order valence-electron chi connectivity index (χ1n) is 6.90. The lowest BCUT2D eigenvalue weighted by Gasteiger charge is -2.32. The maximum absolute atomic E-state index is 13.4.